The van der Waals surface area contributed by atoms with Gasteiger partial charge in [-0.2, -0.15) is 0 Å². The van der Waals surface area contributed by atoms with Gasteiger partial charge in [0.2, 0.25) is 0 Å². The second kappa shape index (κ2) is 10.4. The van der Waals surface area contributed by atoms with Gasteiger partial charge in [0.1, 0.15) is 0 Å². The first-order valence-electron chi connectivity index (χ1n) is 14.5. The molecule has 5 nitrogen and oxygen atoms in total. The van der Waals surface area contributed by atoms with E-state index >= 15 is 0 Å². The first kappa shape index (κ1) is 25.2. The number of pyridine rings is 3. The van der Waals surface area contributed by atoms with Crippen molar-refractivity contribution in [3.05, 3.63) is 185 Å². The van der Waals surface area contributed by atoms with Crippen molar-refractivity contribution >= 4 is 11.5 Å². The average Bonchev–Trinajstić information content (AvgIpc) is 3.40. The lowest BCUT2D eigenvalue weighted by molar-refractivity contribution is 0.734. The van der Waals surface area contributed by atoms with Gasteiger partial charge in [-0.3, -0.25) is 19.9 Å². The second-order valence-corrected chi connectivity index (χ2v) is 10.9. The Morgan fingerprint density at radius 1 is 0.605 bits per heavy atom. The van der Waals surface area contributed by atoms with E-state index in [4.69, 9.17) is 15.0 Å². The Morgan fingerprint density at radius 3 is 2.19 bits per heavy atom. The highest BCUT2D eigenvalue weighted by atomic mass is 15.0. The lowest BCUT2D eigenvalue weighted by Gasteiger charge is -2.32. The first-order valence-corrected chi connectivity index (χ1v) is 14.5. The molecule has 1 aliphatic heterocycles. The normalized spacial score (nSPS) is 18.7. The molecule has 2 atom stereocenters. The summed E-state index contributed by atoms with van der Waals surface area (Å²) in [6, 6.07) is 40.4. The topological polar surface area (TPSA) is 63.4 Å². The van der Waals surface area contributed by atoms with E-state index in [9.17, 15) is 0 Å². The maximum atomic E-state index is 5.13. The number of amidine groups is 1. The summed E-state index contributed by atoms with van der Waals surface area (Å²) in [5.74, 6) is 0.691. The van der Waals surface area contributed by atoms with E-state index in [1.807, 2.05) is 42.9 Å². The Bertz CT molecular complexity index is 1950. The fraction of sp³-hybridized carbons (Fsp3) is 0.0789. The molecule has 0 saturated heterocycles. The maximum Gasteiger partial charge on any atom is 0.157 e. The number of aromatic nitrogens is 3. The van der Waals surface area contributed by atoms with Gasteiger partial charge in [0.05, 0.1) is 22.9 Å². The van der Waals surface area contributed by atoms with Gasteiger partial charge in [-0.25, -0.2) is 4.99 Å². The number of benzene rings is 3. The molecule has 0 radical (unpaired) electrons. The van der Waals surface area contributed by atoms with Crippen molar-refractivity contribution < 1.29 is 0 Å². The largest absolute Gasteiger partial charge is 0.264 e. The van der Waals surface area contributed by atoms with Crippen LogP contribution in [0.25, 0.3) is 11.1 Å². The predicted octanol–water partition coefficient (Wildman–Crippen LogP) is 7.62. The number of aliphatic imine (C=N–C) groups is 2. The summed E-state index contributed by atoms with van der Waals surface area (Å²) in [5.41, 5.74) is 10.6. The molecule has 43 heavy (non-hydrogen) atoms. The third-order valence-corrected chi connectivity index (χ3v) is 8.53. The van der Waals surface area contributed by atoms with E-state index in [0.717, 1.165) is 28.1 Å². The van der Waals surface area contributed by atoms with Crippen molar-refractivity contribution in [1.29, 1.82) is 0 Å². The minimum Gasteiger partial charge on any atom is -0.264 e. The first-order chi connectivity index (χ1) is 21.3. The third-order valence-electron chi connectivity index (χ3n) is 8.53. The van der Waals surface area contributed by atoms with Crippen molar-refractivity contribution in [3.63, 3.8) is 0 Å². The van der Waals surface area contributed by atoms with Crippen LogP contribution in [-0.2, 0) is 5.41 Å². The molecule has 0 fully saturated rings. The zero-order valence-corrected chi connectivity index (χ0v) is 23.4. The number of hydrogen-bond donors (Lipinski definition) is 0. The minimum atomic E-state index is -0.526. The van der Waals surface area contributed by atoms with Crippen molar-refractivity contribution in [3.8, 4) is 11.1 Å². The zero-order valence-electron chi connectivity index (χ0n) is 23.4. The van der Waals surface area contributed by atoms with E-state index in [1.54, 1.807) is 12.4 Å². The van der Waals surface area contributed by atoms with E-state index in [1.165, 1.54) is 27.8 Å². The molecule has 4 heterocycles. The van der Waals surface area contributed by atoms with Crippen molar-refractivity contribution in [2.45, 2.75) is 17.9 Å². The Kier molecular flexibility index (Phi) is 6.08. The van der Waals surface area contributed by atoms with Crippen LogP contribution < -0.4 is 0 Å². The molecular weight excluding hydrogens is 526 g/mol. The number of rotatable bonds is 5. The smallest absolute Gasteiger partial charge is 0.157 e. The fourth-order valence-corrected chi connectivity index (χ4v) is 6.63. The van der Waals surface area contributed by atoms with Crippen LogP contribution in [-0.4, -0.2) is 26.5 Å². The molecule has 0 amide bonds. The molecule has 0 saturated carbocycles. The van der Waals surface area contributed by atoms with Gasteiger partial charge >= 0.3 is 0 Å². The van der Waals surface area contributed by atoms with Crippen LogP contribution in [0.2, 0.25) is 0 Å². The molecule has 3 aromatic heterocycles. The van der Waals surface area contributed by atoms with E-state index < -0.39 is 5.41 Å². The molecule has 5 heteroatoms. The van der Waals surface area contributed by atoms with Crippen LogP contribution in [0.5, 0.6) is 0 Å². The summed E-state index contributed by atoms with van der Waals surface area (Å²) < 4.78 is 0. The van der Waals surface area contributed by atoms with Crippen molar-refractivity contribution in [1.82, 2.24) is 15.0 Å². The summed E-state index contributed by atoms with van der Waals surface area (Å²) in [7, 11) is 0. The molecule has 2 unspecified atom stereocenters. The van der Waals surface area contributed by atoms with Gasteiger partial charge in [-0.05, 0) is 75.3 Å². The Morgan fingerprint density at radius 2 is 1.40 bits per heavy atom. The molecule has 0 bridgehead atoms. The minimum absolute atomic E-state index is 0.0890. The van der Waals surface area contributed by atoms with Crippen molar-refractivity contribution in [2.24, 2.45) is 9.98 Å². The Balaban J connectivity index is 1.32. The summed E-state index contributed by atoms with van der Waals surface area (Å²) in [4.78, 5) is 23.8. The van der Waals surface area contributed by atoms with Crippen LogP contribution >= 0.6 is 0 Å². The fourth-order valence-electron chi connectivity index (χ4n) is 6.63. The Labute approximate surface area is 250 Å². The number of nitrogens with zero attached hydrogens (tertiary/aromatic N) is 5. The molecule has 2 aliphatic rings. The molecule has 6 aromatic rings. The highest BCUT2D eigenvalue weighted by Crippen LogP contribution is 2.55. The van der Waals surface area contributed by atoms with Crippen LogP contribution in [0.1, 0.15) is 51.5 Å². The summed E-state index contributed by atoms with van der Waals surface area (Å²) in [6.45, 7) is 0. The van der Waals surface area contributed by atoms with Gasteiger partial charge in [-0.1, -0.05) is 78.9 Å². The van der Waals surface area contributed by atoms with Gasteiger partial charge in [0.15, 0.2) is 5.84 Å². The van der Waals surface area contributed by atoms with Gasteiger partial charge < -0.3 is 0 Å². The zero-order chi connectivity index (χ0) is 28.6. The molecule has 3 aromatic carbocycles. The maximum absolute atomic E-state index is 5.13. The summed E-state index contributed by atoms with van der Waals surface area (Å²) in [5, 5.41) is 0. The third kappa shape index (κ3) is 4.12. The lowest BCUT2D eigenvalue weighted by Crippen LogP contribution is -2.29. The lowest BCUT2D eigenvalue weighted by atomic mass is 9.69. The standard InChI is InChI=1S/C38H27N5/c1-2-12-29(13-3-1)38(36-16-6-7-21-41-36)32-15-5-4-14-30(32)31-22-26(17-18-33(31)38)34-23-35(27-10-8-19-39-24-27)43-37(42-34)28-11-9-20-40-25-28/h1-22,24-25,35H,23H2. The number of hydrogen-bond acceptors (Lipinski definition) is 5. The highest BCUT2D eigenvalue weighted by molar-refractivity contribution is 6.14. The summed E-state index contributed by atoms with van der Waals surface area (Å²) in [6.07, 6.45) is 9.87. The van der Waals surface area contributed by atoms with E-state index in [-0.39, 0.29) is 6.04 Å². The quantitative estimate of drug-likeness (QED) is 0.220. The number of fused-ring (bicyclic) bond motifs is 3. The monoisotopic (exact) mass is 553 g/mol. The van der Waals surface area contributed by atoms with Crippen molar-refractivity contribution in [2.75, 3.05) is 0 Å². The van der Waals surface area contributed by atoms with Gasteiger partial charge in [0.25, 0.3) is 0 Å². The van der Waals surface area contributed by atoms with Crippen LogP contribution in [0.3, 0.4) is 0 Å². The molecule has 204 valence electrons. The molecule has 0 N–H and O–H groups in total. The second-order valence-electron chi connectivity index (χ2n) is 10.9. The molecule has 8 rings (SSSR count). The highest BCUT2D eigenvalue weighted by Gasteiger charge is 2.47. The van der Waals surface area contributed by atoms with E-state index in [2.05, 4.69) is 101 Å². The van der Waals surface area contributed by atoms with Crippen LogP contribution in [0, 0.1) is 0 Å². The summed E-state index contributed by atoms with van der Waals surface area (Å²) >= 11 is 0. The predicted molar refractivity (Wildman–Crippen MR) is 170 cm³/mol. The van der Waals surface area contributed by atoms with Gasteiger partial charge in [-0.15, -0.1) is 0 Å². The molecule has 0 spiro atoms. The molecular formula is C38H27N5. The van der Waals surface area contributed by atoms with E-state index in [0.29, 0.717) is 12.3 Å². The van der Waals surface area contributed by atoms with Gasteiger partial charge in [0, 0.05) is 43.0 Å². The average molecular weight is 554 g/mol. The SMILES string of the molecule is c1ccc(C2(c3ccccn3)c3ccccc3-c3cc(C4=NC(c5cccnc5)=NC(c5cccnc5)C4)ccc32)cc1. The van der Waals surface area contributed by atoms with Crippen LogP contribution in [0.4, 0.5) is 0 Å². The van der Waals surface area contributed by atoms with Crippen LogP contribution in [0.15, 0.2) is 156 Å². The molecule has 1 aliphatic carbocycles. The Hall–Kier alpha value is -5.55.